The summed E-state index contributed by atoms with van der Waals surface area (Å²) in [6.07, 6.45) is 3.27. The van der Waals surface area contributed by atoms with Gasteiger partial charge in [0.15, 0.2) is 11.3 Å². The molecule has 134 valence electrons. The topological polar surface area (TPSA) is 42.7 Å². The number of benzene rings is 2. The summed E-state index contributed by atoms with van der Waals surface area (Å²) in [4.78, 5) is 14.5. The number of carbonyl (C=O) groups is 1. The van der Waals surface area contributed by atoms with Gasteiger partial charge in [0.25, 0.3) is 0 Å². The van der Waals surface area contributed by atoms with Gasteiger partial charge in [0.2, 0.25) is 5.91 Å². The number of nitrogens with zero attached hydrogens (tertiary/aromatic N) is 1. The van der Waals surface area contributed by atoms with Crippen LogP contribution in [0.4, 0.5) is 0 Å². The highest BCUT2D eigenvalue weighted by molar-refractivity contribution is 5.93. The first-order valence-corrected chi connectivity index (χ1v) is 8.67. The molecule has 3 rings (SSSR count). The van der Waals surface area contributed by atoms with E-state index in [0.29, 0.717) is 23.6 Å². The van der Waals surface area contributed by atoms with E-state index in [-0.39, 0.29) is 11.9 Å². The molecule has 0 aliphatic heterocycles. The summed E-state index contributed by atoms with van der Waals surface area (Å²) in [6, 6.07) is 17.7. The summed E-state index contributed by atoms with van der Waals surface area (Å²) in [5, 5.41) is 0.946. The van der Waals surface area contributed by atoms with Crippen LogP contribution in [0.2, 0.25) is 0 Å². The lowest BCUT2D eigenvalue weighted by Gasteiger charge is -2.25. The quantitative estimate of drug-likeness (QED) is 0.595. The van der Waals surface area contributed by atoms with Crippen molar-refractivity contribution in [2.45, 2.75) is 26.4 Å². The fraction of sp³-hybridized carbons (Fsp3) is 0.227. The van der Waals surface area contributed by atoms with Crippen molar-refractivity contribution in [1.82, 2.24) is 4.90 Å². The van der Waals surface area contributed by atoms with Crippen LogP contribution in [0.25, 0.3) is 17.0 Å². The lowest BCUT2D eigenvalue weighted by molar-refractivity contribution is -0.128. The number of hydrogen-bond donors (Lipinski definition) is 0. The molecule has 1 aromatic heterocycles. The fourth-order valence-electron chi connectivity index (χ4n) is 2.84. The number of para-hydroxylation sites is 1. The normalized spacial score (nSPS) is 11.4. The van der Waals surface area contributed by atoms with E-state index in [4.69, 9.17) is 9.15 Å². The second-order valence-electron chi connectivity index (χ2n) is 6.41. The highest BCUT2D eigenvalue weighted by Gasteiger charge is 2.15. The molecule has 0 aliphatic rings. The van der Waals surface area contributed by atoms with Gasteiger partial charge in [-0.2, -0.15) is 0 Å². The number of amides is 1. The van der Waals surface area contributed by atoms with Crippen LogP contribution in [-0.2, 0) is 11.3 Å². The van der Waals surface area contributed by atoms with Gasteiger partial charge in [-0.05, 0) is 37.6 Å². The third-order valence-electron chi connectivity index (χ3n) is 4.24. The van der Waals surface area contributed by atoms with Crippen molar-refractivity contribution in [2.75, 3.05) is 7.11 Å². The SMILES string of the molecule is COc1cccc2cc(/C=C/C(=O)N(Cc3ccccc3)C(C)C)oc12. The summed E-state index contributed by atoms with van der Waals surface area (Å²) in [5.41, 5.74) is 1.79. The average molecular weight is 349 g/mol. The Balaban J connectivity index is 1.78. The summed E-state index contributed by atoms with van der Waals surface area (Å²) in [6.45, 7) is 4.61. The maximum absolute atomic E-state index is 12.7. The molecule has 0 spiro atoms. The van der Waals surface area contributed by atoms with Gasteiger partial charge in [-0.25, -0.2) is 0 Å². The Morgan fingerprint density at radius 3 is 2.62 bits per heavy atom. The predicted octanol–water partition coefficient (Wildman–Crippen LogP) is 4.89. The summed E-state index contributed by atoms with van der Waals surface area (Å²) in [5.74, 6) is 1.26. The molecule has 4 nitrogen and oxygen atoms in total. The number of furan rings is 1. The summed E-state index contributed by atoms with van der Waals surface area (Å²) < 4.78 is 11.1. The molecule has 0 saturated carbocycles. The number of ether oxygens (including phenoxy) is 1. The van der Waals surface area contributed by atoms with E-state index >= 15 is 0 Å². The van der Waals surface area contributed by atoms with E-state index in [0.717, 1.165) is 10.9 Å². The second-order valence-corrected chi connectivity index (χ2v) is 6.41. The van der Waals surface area contributed by atoms with Gasteiger partial charge < -0.3 is 14.1 Å². The minimum atomic E-state index is -0.0451. The third kappa shape index (κ3) is 3.97. The van der Waals surface area contributed by atoms with Gasteiger partial charge in [0, 0.05) is 24.0 Å². The first kappa shape index (κ1) is 17.8. The summed E-state index contributed by atoms with van der Waals surface area (Å²) in [7, 11) is 1.61. The van der Waals surface area contributed by atoms with Crippen molar-refractivity contribution in [1.29, 1.82) is 0 Å². The van der Waals surface area contributed by atoms with Gasteiger partial charge in [0.1, 0.15) is 5.76 Å². The van der Waals surface area contributed by atoms with Crippen LogP contribution in [0.5, 0.6) is 5.75 Å². The zero-order valence-electron chi connectivity index (χ0n) is 15.3. The molecule has 0 N–H and O–H groups in total. The van der Waals surface area contributed by atoms with Crippen molar-refractivity contribution >= 4 is 23.0 Å². The molecule has 1 heterocycles. The monoisotopic (exact) mass is 349 g/mol. The molecule has 26 heavy (non-hydrogen) atoms. The second kappa shape index (κ2) is 7.91. The van der Waals surface area contributed by atoms with Crippen LogP contribution in [0.1, 0.15) is 25.2 Å². The maximum Gasteiger partial charge on any atom is 0.247 e. The van der Waals surface area contributed by atoms with Crippen molar-refractivity contribution < 1.29 is 13.9 Å². The maximum atomic E-state index is 12.7. The third-order valence-corrected chi connectivity index (χ3v) is 4.24. The largest absolute Gasteiger partial charge is 0.493 e. The van der Waals surface area contributed by atoms with E-state index in [1.54, 1.807) is 19.3 Å². The standard InChI is InChI=1S/C22H23NO3/c1-16(2)23(15-17-8-5-4-6-9-17)21(24)13-12-19-14-18-10-7-11-20(25-3)22(18)26-19/h4-14,16H,15H2,1-3H3/b13-12+. The minimum absolute atomic E-state index is 0.0451. The molecule has 0 bridgehead atoms. The molecule has 0 fully saturated rings. The minimum Gasteiger partial charge on any atom is -0.493 e. The van der Waals surface area contributed by atoms with E-state index in [2.05, 4.69) is 0 Å². The van der Waals surface area contributed by atoms with Crippen molar-refractivity contribution in [3.05, 3.63) is 72.0 Å². The number of methoxy groups -OCH3 is 1. The van der Waals surface area contributed by atoms with Crippen LogP contribution >= 0.6 is 0 Å². The lowest BCUT2D eigenvalue weighted by Crippen LogP contribution is -2.35. The van der Waals surface area contributed by atoms with Gasteiger partial charge in [-0.3, -0.25) is 4.79 Å². The Labute approximate surface area is 153 Å². The Kier molecular flexibility index (Phi) is 5.42. The molecular formula is C22H23NO3. The zero-order valence-corrected chi connectivity index (χ0v) is 15.3. The number of rotatable bonds is 6. The first-order valence-electron chi connectivity index (χ1n) is 8.67. The first-order chi connectivity index (χ1) is 12.6. The van der Waals surface area contributed by atoms with Crippen molar-refractivity contribution in [3.63, 3.8) is 0 Å². The van der Waals surface area contributed by atoms with Gasteiger partial charge in [-0.15, -0.1) is 0 Å². The summed E-state index contributed by atoms with van der Waals surface area (Å²) >= 11 is 0. The van der Waals surface area contributed by atoms with Gasteiger partial charge in [-0.1, -0.05) is 42.5 Å². The lowest BCUT2D eigenvalue weighted by atomic mass is 10.2. The molecule has 0 saturated heterocycles. The van der Waals surface area contributed by atoms with Gasteiger partial charge in [0.05, 0.1) is 7.11 Å². The molecule has 0 atom stereocenters. The van der Waals surface area contributed by atoms with E-state index < -0.39 is 0 Å². The Morgan fingerprint density at radius 2 is 1.92 bits per heavy atom. The highest BCUT2D eigenvalue weighted by Crippen LogP contribution is 2.28. The van der Waals surface area contributed by atoms with Crippen LogP contribution in [0, 0.1) is 0 Å². The van der Waals surface area contributed by atoms with Crippen LogP contribution in [0.3, 0.4) is 0 Å². The molecule has 0 unspecified atom stereocenters. The average Bonchev–Trinajstić information content (AvgIpc) is 3.08. The molecule has 0 radical (unpaired) electrons. The van der Waals surface area contributed by atoms with Crippen LogP contribution in [-0.4, -0.2) is 24.0 Å². The van der Waals surface area contributed by atoms with E-state index in [9.17, 15) is 4.79 Å². The van der Waals surface area contributed by atoms with Gasteiger partial charge >= 0.3 is 0 Å². The molecule has 2 aromatic carbocycles. The zero-order chi connectivity index (χ0) is 18.5. The molecule has 3 aromatic rings. The van der Waals surface area contributed by atoms with Crippen molar-refractivity contribution in [2.24, 2.45) is 0 Å². The Morgan fingerprint density at radius 1 is 1.15 bits per heavy atom. The highest BCUT2D eigenvalue weighted by atomic mass is 16.5. The van der Waals surface area contributed by atoms with E-state index in [1.807, 2.05) is 73.3 Å². The molecular weight excluding hydrogens is 326 g/mol. The number of hydrogen-bond acceptors (Lipinski definition) is 3. The molecule has 0 aliphatic carbocycles. The predicted molar refractivity (Wildman–Crippen MR) is 104 cm³/mol. The number of carbonyl (C=O) groups excluding carboxylic acids is 1. The Bertz CT molecular complexity index is 910. The van der Waals surface area contributed by atoms with E-state index in [1.165, 1.54) is 0 Å². The number of fused-ring (bicyclic) bond motifs is 1. The Hall–Kier alpha value is -3.01. The smallest absolute Gasteiger partial charge is 0.247 e. The molecule has 4 heteroatoms. The fourth-order valence-corrected chi connectivity index (χ4v) is 2.84. The van der Waals surface area contributed by atoms with Crippen LogP contribution < -0.4 is 4.74 Å². The van der Waals surface area contributed by atoms with Crippen LogP contribution in [0.15, 0.2) is 65.1 Å². The van der Waals surface area contributed by atoms with Crippen molar-refractivity contribution in [3.8, 4) is 5.75 Å². The molecule has 1 amide bonds.